The van der Waals surface area contributed by atoms with Crippen molar-refractivity contribution in [2.24, 2.45) is 5.41 Å². The van der Waals surface area contributed by atoms with Crippen LogP contribution in [0.2, 0.25) is 0 Å². The molecule has 0 saturated carbocycles. The molecule has 0 atom stereocenters. The molecule has 6 nitrogen and oxygen atoms in total. The zero-order chi connectivity index (χ0) is 22.2. The first-order valence-corrected chi connectivity index (χ1v) is 11.7. The molecule has 1 aromatic carbocycles. The van der Waals surface area contributed by atoms with Gasteiger partial charge in [0.1, 0.15) is 5.00 Å². The van der Waals surface area contributed by atoms with Gasteiger partial charge >= 0.3 is 5.97 Å². The number of carbonyl (C=O) groups excluding carboxylic acids is 1. The monoisotopic (exact) mass is 442 g/mol. The minimum atomic E-state index is -0.973. The van der Waals surface area contributed by atoms with Gasteiger partial charge in [0.2, 0.25) is 0 Å². The Morgan fingerprint density at radius 2 is 1.87 bits per heavy atom. The van der Waals surface area contributed by atoms with Crippen molar-refractivity contribution < 1.29 is 19.4 Å². The lowest BCUT2D eigenvalue weighted by Gasteiger charge is -2.33. The van der Waals surface area contributed by atoms with E-state index in [9.17, 15) is 14.7 Å². The van der Waals surface area contributed by atoms with Gasteiger partial charge in [-0.05, 0) is 67.3 Å². The Balaban J connectivity index is 1.51. The number of hydrogen-bond acceptors (Lipinski definition) is 5. The van der Waals surface area contributed by atoms with E-state index in [-0.39, 0.29) is 16.9 Å². The topological polar surface area (TPSA) is 78.9 Å². The fourth-order valence-corrected chi connectivity index (χ4v) is 5.75. The molecule has 1 aliphatic heterocycles. The highest BCUT2D eigenvalue weighted by Gasteiger charge is 2.33. The number of nitrogens with one attached hydrogen (secondary N) is 1. The molecule has 1 saturated heterocycles. The minimum absolute atomic E-state index is 0.0753. The van der Waals surface area contributed by atoms with Crippen LogP contribution >= 0.6 is 11.3 Å². The van der Waals surface area contributed by atoms with Crippen molar-refractivity contribution in [1.29, 1.82) is 0 Å². The van der Waals surface area contributed by atoms with E-state index in [0.717, 1.165) is 61.4 Å². The maximum absolute atomic E-state index is 12.9. The van der Waals surface area contributed by atoms with Crippen LogP contribution in [0.25, 0.3) is 0 Å². The number of amides is 1. The second kappa shape index (κ2) is 8.63. The van der Waals surface area contributed by atoms with E-state index in [1.54, 1.807) is 12.1 Å². The number of carbonyl (C=O) groups is 2. The summed E-state index contributed by atoms with van der Waals surface area (Å²) in [7, 11) is 2.07. The third-order valence-electron chi connectivity index (χ3n) is 6.49. The molecule has 0 spiro atoms. The van der Waals surface area contributed by atoms with Crippen molar-refractivity contribution >= 4 is 33.9 Å². The number of ether oxygens (including phenoxy) is 1. The Bertz CT molecular complexity index is 974. The zero-order valence-electron chi connectivity index (χ0n) is 18.4. The number of carboxylic acid groups (broad SMARTS) is 1. The van der Waals surface area contributed by atoms with Crippen LogP contribution in [0.15, 0.2) is 24.3 Å². The van der Waals surface area contributed by atoms with Crippen LogP contribution in [-0.4, -0.2) is 43.3 Å². The molecule has 1 amide bonds. The van der Waals surface area contributed by atoms with Gasteiger partial charge in [0.25, 0.3) is 5.91 Å². The number of rotatable bonds is 5. The predicted molar refractivity (Wildman–Crippen MR) is 124 cm³/mol. The fraction of sp³-hybridized carbons (Fsp3) is 0.500. The molecule has 2 aliphatic rings. The second-order valence-electron chi connectivity index (χ2n) is 9.31. The standard InChI is InChI=1S/C24H30N2O4S/c1-24(2)11-8-19-18(14-24)20(23(28)29)22(31-19)25-21(27)15-4-6-16(7-5-15)26(3)17-9-12-30-13-10-17/h4-7,17H,8-14H2,1-3H3,(H,25,27)(H,28,29). The van der Waals surface area contributed by atoms with E-state index in [2.05, 4.69) is 31.1 Å². The van der Waals surface area contributed by atoms with Gasteiger partial charge in [-0.2, -0.15) is 0 Å². The van der Waals surface area contributed by atoms with Gasteiger partial charge in [0.15, 0.2) is 0 Å². The Morgan fingerprint density at radius 1 is 1.19 bits per heavy atom. The van der Waals surface area contributed by atoms with Crippen molar-refractivity contribution in [2.45, 2.75) is 52.0 Å². The fourth-order valence-electron chi connectivity index (χ4n) is 4.54. The Labute approximate surface area is 187 Å². The largest absolute Gasteiger partial charge is 0.478 e. The van der Waals surface area contributed by atoms with Crippen LogP contribution in [0.3, 0.4) is 0 Å². The Morgan fingerprint density at radius 3 is 2.52 bits per heavy atom. The van der Waals surface area contributed by atoms with Crippen LogP contribution in [0.1, 0.15) is 64.3 Å². The van der Waals surface area contributed by atoms with Crippen molar-refractivity contribution in [3.63, 3.8) is 0 Å². The van der Waals surface area contributed by atoms with Crippen molar-refractivity contribution in [3.05, 3.63) is 45.8 Å². The number of anilines is 2. The molecule has 166 valence electrons. The van der Waals surface area contributed by atoms with E-state index in [0.29, 0.717) is 16.6 Å². The molecule has 0 radical (unpaired) electrons. The number of aromatic carboxylic acids is 1. The summed E-state index contributed by atoms with van der Waals surface area (Å²) in [6.45, 7) is 5.89. The molecule has 2 heterocycles. The van der Waals surface area contributed by atoms with Gasteiger partial charge in [-0.25, -0.2) is 4.79 Å². The lowest BCUT2D eigenvalue weighted by atomic mass is 9.76. The number of benzene rings is 1. The minimum Gasteiger partial charge on any atom is -0.478 e. The van der Waals surface area contributed by atoms with Crippen LogP contribution in [0.4, 0.5) is 10.7 Å². The number of aryl methyl sites for hydroxylation is 1. The molecular formula is C24H30N2O4S. The molecule has 4 rings (SSSR count). The summed E-state index contributed by atoms with van der Waals surface area (Å²) in [4.78, 5) is 28.2. The average molecular weight is 443 g/mol. The van der Waals surface area contributed by atoms with Gasteiger partial charge in [0, 0.05) is 42.4 Å². The van der Waals surface area contributed by atoms with Crippen LogP contribution < -0.4 is 10.2 Å². The second-order valence-corrected chi connectivity index (χ2v) is 10.4. The van der Waals surface area contributed by atoms with Crippen LogP contribution in [0, 0.1) is 5.41 Å². The summed E-state index contributed by atoms with van der Waals surface area (Å²) >= 11 is 1.41. The highest BCUT2D eigenvalue weighted by molar-refractivity contribution is 7.17. The highest BCUT2D eigenvalue weighted by Crippen LogP contribution is 2.43. The molecule has 1 aliphatic carbocycles. The first-order valence-electron chi connectivity index (χ1n) is 10.8. The molecule has 31 heavy (non-hydrogen) atoms. The van der Waals surface area contributed by atoms with E-state index in [1.165, 1.54) is 11.3 Å². The molecular weight excluding hydrogens is 412 g/mol. The van der Waals surface area contributed by atoms with Gasteiger partial charge < -0.3 is 20.1 Å². The van der Waals surface area contributed by atoms with E-state index in [4.69, 9.17) is 4.74 Å². The van der Waals surface area contributed by atoms with E-state index in [1.807, 2.05) is 12.1 Å². The van der Waals surface area contributed by atoms with Crippen LogP contribution in [0.5, 0.6) is 0 Å². The number of nitrogens with zero attached hydrogens (tertiary/aromatic N) is 1. The first kappa shape index (κ1) is 21.8. The van der Waals surface area contributed by atoms with Gasteiger partial charge in [-0.1, -0.05) is 13.8 Å². The molecule has 1 fully saturated rings. The summed E-state index contributed by atoms with van der Waals surface area (Å²) < 4.78 is 5.44. The van der Waals surface area contributed by atoms with Crippen molar-refractivity contribution in [3.8, 4) is 0 Å². The number of carboxylic acids is 1. The smallest absolute Gasteiger partial charge is 0.339 e. The molecule has 7 heteroatoms. The van der Waals surface area contributed by atoms with E-state index < -0.39 is 5.97 Å². The zero-order valence-corrected chi connectivity index (χ0v) is 19.2. The SMILES string of the molecule is CN(c1ccc(C(=O)Nc2sc3c(c2C(=O)O)CC(C)(C)CC3)cc1)C1CCOCC1. The molecule has 0 bridgehead atoms. The van der Waals surface area contributed by atoms with Gasteiger partial charge in [0.05, 0.1) is 5.56 Å². The highest BCUT2D eigenvalue weighted by atomic mass is 32.1. The first-order chi connectivity index (χ1) is 14.7. The maximum Gasteiger partial charge on any atom is 0.339 e. The Hall–Kier alpha value is -2.38. The summed E-state index contributed by atoms with van der Waals surface area (Å²) in [6, 6.07) is 7.94. The van der Waals surface area contributed by atoms with Gasteiger partial charge in [-0.15, -0.1) is 11.3 Å². The maximum atomic E-state index is 12.9. The van der Waals surface area contributed by atoms with Gasteiger partial charge in [-0.3, -0.25) is 4.79 Å². The third-order valence-corrected chi connectivity index (χ3v) is 7.70. The lowest BCUT2D eigenvalue weighted by Crippen LogP contribution is -2.36. The third kappa shape index (κ3) is 4.62. The number of fused-ring (bicyclic) bond motifs is 1. The molecule has 1 aromatic heterocycles. The van der Waals surface area contributed by atoms with E-state index >= 15 is 0 Å². The summed E-state index contributed by atoms with van der Waals surface area (Å²) in [5.74, 6) is -1.25. The summed E-state index contributed by atoms with van der Waals surface area (Å²) in [6.07, 6.45) is 4.60. The Kier molecular flexibility index (Phi) is 6.08. The van der Waals surface area contributed by atoms with Crippen molar-refractivity contribution in [2.75, 3.05) is 30.5 Å². The molecule has 0 unspecified atom stereocenters. The molecule has 2 aromatic rings. The lowest BCUT2D eigenvalue weighted by molar-refractivity contribution is 0.0696. The normalized spacial score (nSPS) is 18.3. The van der Waals surface area contributed by atoms with Crippen molar-refractivity contribution in [1.82, 2.24) is 0 Å². The molecule has 2 N–H and O–H groups in total. The van der Waals surface area contributed by atoms with Crippen LogP contribution in [-0.2, 0) is 17.6 Å². The quantitative estimate of drug-likeness (QED) is 0.693. The summed E-state index contributed by atoms with van der Waals surface area (Å²) in [5, 5.41) is 13.1. The average Bonchev–Trinajstić information content (AvgIpc) is 3.10. The predicted octanol–water partition coefficient (Wildman–Crippen LogP) is 4.83. The number of hydrogen-bond donors (Lipinski definition) is 2. The summed E-state index contributed by atoms with van der Waals surface area (Å²) in [5.41, 5.74) is 2.80. The number of thiophene rings is 1.